The van der Waals surface area contributed by atoms with Gasteiger partial charge in [0.25, 0.3) is 5.92 Å². The van der Waals surface area contributed by atoms with Crippen LogP contribution in [0.4, 0.5) is 8.78 Å². The van der Waals surface area contributed by atoms with Gasteiger partial charge in [0.15, 0.2) is 0 Å². The molecule has 0 fully saturated rings. The van der Waals surface area contributed by atoms with Crippen LogP contribution in [0.2, 0.25) is 0 Å². The van der Waals surface area contributed by atoms with Crippen LogP contribution in [0.25, 0.3) is 0 Å². The van der Waals surface area contributed by atoms with Gasteiger partial charge in [-0.1, -0.05) is 57.5 Å². The minimum atomic E-state index is -2.71. The van der Waals surface area contributed by atoms with Crippen LogP contribution in [0.3, 0.4) is 0 Å². The van der Waals surface area contributed by atoms with Gasteiger partial charge < -0.3 is 5.32 Å². The van der Waals surface area contributed by atoms with Gasteiger partial charge in [-0.2, -0.15) is 0 Å². The molecule has 1 aromatic rings. The lowest BCUT2D eigenvalue weighted by Crippen LogP contribution is -2.40. The first-order chi connectivity index (χ1) is 7.97. The van der Waals surface area contributed by atoms with E-state index in [4.69, 9.17) is 0 Å². The van der Waals surface area contributed by atoms with Crippen LogP contribution < -0.4 is 5.32 Å². The predicted molar refractivity (Wildman–Crippen MR) is 67.3 cm³/mol. The van der Waals surface area contributed by atoms with E-state index in [1.54, 1.807) is 31.2 Å². The van der Waals surface area contributed by atoms with E-state index in [2.05, 4.69) is 5.32 Å². The summed E-state index contributed by atoms with van der Waals surface area (Å²) in [6.45, 7) is 5.56. The van der Waals surface area contributed by atoms with Gasteiger partial charge in [0.1, 0.15) is 0 Å². The molecule has 0 saturated heterocycles. The van der Waals surface area contributed by atoms with E-state index in [1.807, 2.05) is 19.9 Å². The number of nitrogens with one attached hydrogen (secondary N) is 1. The van der Waals surface area contributed by atoms with Gasteiger partial charge in [-0.05, 0) is 5.56 Å². The Balaban J connectivity index is 2.95. The molecule has 1 rings (SSSR count). The quantitative estimate of drug-likeness (QED) is 0.788. The highest BCUT2D eigenvalue weighted by atomic mass is 19.3. The lowest BCUT2D eigenvalue weighted by molar-refractivity contribution is -0.0490. The fourth-order valence-corrected chi connectivity index (χ4v) is 1.92. The van der Waals surface area contributed by atoms with E-state index in [-0.39, 0.29) is 12.5 Å². The molecule has 0 aliphatic heterocycles. The summed E-state index contributed by atoms with van der Waals surface area (Å²) >= 11 is 0. The summed E-state index contributed by atoms with van der Waals surface area (Å²) in [5, 5.41) is 2.97. The second kappa shape index (κ2) is 6.10. The minimum Gasteiger partial charge on any atom is -0.303 e. The fraction of sp³-hybridized carbons (Fsp3) is 0.571. The van der Waals surface area contributed by atoms with E-state index in [0.29, 0.717) is 12.0 Å². The molecule has 0 heterocycles. The lowest BCUT2D eigenvalue weighted by Gasteiger charge is -2.29. The van der Waals surface area contributed by atoms with Gasteiger partial charge in [0, 0.05) is 12.5 Å². The molecule has 0 amide bonds. The Kier molecular flexibility index (Phi) is 5.06. The second-order valence-electron chi connectivity index (χ2n) is 4.68. The molecule has 3 heteroatoms. The van der Waals surface area contributed by atoms with Crippen molar-refractivity contribution < 1.29 is 8.78 Å². The summed E-state index contributed by atoms with van der Waals surface area (Å²) in [6, 6.07) is 8.08. The first-order valence-corrected chi connectivity index (χ1v) is 6.16. The minimum absolute atomic E-state index is 0.0305. The van der Waals surface area contributed by atoms with E-state index in [9.17, 15) is 8.78 Å². The third-order valence-corrected chi connectivity index (χ3v) is 2.64. The molecule has 96 valence electrons. The van der Waals surface area contributed by atoms with Crippen LogP contribution in [0, 0.1) is 0 Å². The van der Waals surface area contributed by atoms with Crippen molar-refractivity contribution in [2.45, 2.75) is 51.6 Å². The Morgan fingerprint density at radius 2 is 1.76 bits per heavy atom. The van der Waals surface area contributed by atoms with Crippen molar-refractivity contribution in [1.29, 1.82) is 0 Å². The maximum Gasteiger partial charge on any atom is 0.267 e. The molecule has 0 aliphatic rings. The highest BCUT2D eigenvalue weighted by Crippen LogP contribution is 2.35. The number of benzene rings is 1. The summed E-state index contributed by atoms with van der Waals surface area (Å²) in [5.41, 5.74) is 0.652. The molecule has 0 radical (unpaired) electrons. The molecule has 17 heavy (non-hydrogen) atoms. The molecule has 0 bridgehead atoms. The molecule has 1 unspecified atom stereocenters. The van der Waals surface area contributed by atoms with Crippen molar-refractivity contribution >= 4 is 0 Å². The van der Waals surface area contributed by atoms with Gasteiger partial charge in [-0.25, -0.2) is 8.78 Å². The van der Waals surface area contributed by atoms with E-state index >= 15 is 0 Å². The van der Waals surface area contributed by atoms with Crippen molar-refractivity contribution in [3.8, 4) is 0 Å². The van der Waals surface area contributed by atoms with E-state index in [1.165, 1.54) is 0 Å². The molecule has 0 saturated carbocycles. The average molecular weight is 241 g/mol. The molecule has 1 nitrogen and oxygen atoms in total. The molecule has 1 atom stereocenters. The van der Waals surface area contributed by atoms with Crippen LogP contribution in [0.1, 0.15) is 45.2 Å². The lowest BCUT2D eigenvalue weighted by atomic mass is 9.96. The molecule has 0 spiro atoms. The molecule has 1 N–H and O–H groups in total. The van der Waals surface area contributed by atoms with Crippen molar-refractivity contribution in [2.24, 2.45) is 0 Å². The number of rotatable bonds is 6. The topological polar surface area (TPSA) is 12.0 Å². The Hall–Kier alpha value is -0.960. The maximum atomic E-state index is 14.1. The van der Waals surface area contributed by atoms with Crippen LogP contribution in [-0.4, -0.2) is 12.0 Å². The summed E-state index contributed by atoms with van der Waals surface area (Å²) in [5.74, 6) is -2.71. The third-order valence-electron chi connectivity index (χ3n) is 2.64. The smallest absolute Gasteiger partial charge is 0.267 e. The number of hydrogen-bond acceptors (Lipinski definition) is 1. The molecule has 1 aromatic carbocycles. The van der Waals surface area contributed by atoms with Gasteiger partial charge >= 0.3 is 0 Å². The zero-order chi connectivity index (χ0) is 12.9. The molecular weight excluding hydrogens is 220 g/mol. The third kappa shape index (κ3) is 4.08. The van der Waals surface area contributed by atoms with Gasteiger partial charge in [0.2, 0.25) is 0 Å². The summed E-state index contributed by atoms with van der Waals surface area (Å²) in [7, 11) is 0. The fourth-order valence-electron chi connectivity index (χ4n) is 1.92. The summed E-state index contributed by atoms with van der Waals surface area (Å²) in [4.78, 5) is 0. The van der Waals surface area contributed by atoms with Gasteiger partial charge in [-0.3, -0.25) is 0 Å². The average Bonchev–Trinajstić information content (AvgIpc) is 2.26. The second-order valence-corrected chi connectivity index (χ2v) is 4.68. The molecule has 0 aromatic heterocycles. The van der Waals surface area contributed by atoms with Crippen LogP contribution in [0.15, 0.2) is 30.3 Å². The van der Waals surface area contributed by atoms with Crippen molar-refractivity contribution in [1.82, 2.24) is 5.32 Å². The largest absolute Gasteiger partial charge is 0.303 e. The Morgan fingerprint density at radius 3 is 2.24 bits per heavy atom. The zero-order valence-corrected chi connectivity index (χ0v) is 10.7. The summed E-state index contributed by atoms with van der Waals surface area (Å²) in [6.07, 6.45) is 0.391. The maximum absolute atomic E-state index is 14.1. The van der Waals surface area contributed by atoms with Crippen molar-refractivity contribution in [2.75, 3.05) is 0 Å². The zero-order valence-electron chi connectivity index (χ0n) is 10.7. The number of alkyl halides is 2. The van der Waals surface area contributed by atoms with Crippen LogP contribution >= 0.6 is 0 Å². The predicted octanol–water partition coefficient (Wildman–Crippen LogP) is 4.16. The standard InChI is InChI=1S/C14H21F2N/c1-4-10-14(15,16)13(17-11(2)3)12-8-6-5-7-9-12/h5-9,11,13,17H,4,10H2,1-3H3. The monoisotopic (exact) mass is 241 g/mol. The van der Waals surface area contributed by atoms with Gasteiger partial charge in [-0.15, -0.1) is 0 Å². The SMILES string of the molecule is CCCC(F)(F)C(NC(C)C)c1ccccc1. The van der Waals surface area contributed by atoms with Crippen molar-refractivity contribution in [3.05, 3.63) is 35.9 Å². The highest BCUT2D eigenvalue weighted by Gasteiger charge is 2.39. The highest BCUT2D eigenvalue weighted by molar-refractivity contribution is 5.21. The van der Waals surface area contributed by atoms with Crippen LogP contribution in [0.5, 0.6) is 0 Å². The van der Waals surface area contributed by atoms with Crippen LogP contribution in [-0.2, 0) is 0 Å². The van der Waals surface area contributed by atoms with E-state index < -0.39 is 12.0 Å². The Bertz CT molecular complexity index is 322. The first-order valence-electron chi connectivity index (χ1n) is 6.16. The normalized spacial score (nSPS) is 14.0. The Labute approximate surface area is 102 Å². The number of hydrogen-bond donors (Lipinski definition) is 1. The molecule has 0 aliphatic carbocycles. The van der Waals surface area contributed by atoms with E-state index in [0.717, 1.165) is 0 Å². The van der Waals surface area contributed by atoms with Crippen molar-refractivity contribution in [3.63, 3.8) is 0 Å². The Morgan fingerprint density at radius 1 is 1.18 bits per heavy atom. The summed E-state index contributed by atoms with van der Waals surface area (Å²) < 4.78 is 28.1. The molecular formula is C14H21F2N. The number of halogens is 2. The van der Waals surface area contributed by atoms with Gasteiger partial charge in [0.05, 0.1) is 6.04 Å². The first kappa shape index (κ1) is 14.1.